The standard InChI is InChI=1S/C14H21NO3/c1-14(2,8-9-16)15-10-11-6-4-5-7-12(11)13(17)18-3/h4-7,15-16H,8-10H2,1-3H3. The van der Waals surface area contributed by atoms with E-state index in [4.69, 9.17) is 9.84 Å². The number of benzene rings is 1. The highest BCUT2D eigenvalue weighted by Crippen LogP contribution is 2.13. The maximum absolute atomic E-state index is 11.6. The summed E-state index contributed by atoms with van der Waals surface area (Å²) in [5, 5.41) is 12.3. The topological polar surface area (TPSA) is 58.6 Å². The summed E-state index contributed by atoms with van der Waals surface area (Å²) in [4.78, 5) is 11.6. The number of rotatable bonds is 6. The minimum Gasteiger partial charge on any atom is -0.465 e. The van der Waals surface area contributed by atoms with Gasteiger partial charge < -0.3 is 15.2 Å². The van der Waals surface area contributed by atoms with Gasteiger partial charge in [0.1, 0.15) is 0 Å². The van der Waals surface area contributed by atoms with Gasteiger partial charge in [-0.05, 0) is 31.9 Å². The lowest BCUT2D eigenvalue weighted by Gasteiger charge is -2.26. The summed E-state index contributed by atoms with van der Waals surface area (Å²) < 4.78 is 4.75. The first-order chi connectivity index (χ1) is 8.50. The molecule has 0 radical (unpaired) electrons. The molecule has 0 aliphatic rings. The number of hydrogen-bond donors (Lipinski definition) is 2. The Labute approximate surface area is 108 Å². The van der Waals surface area contributed by atoms with E-state index < -0.39 is 0 Å². The minimum absolute atomic E-state index is 0.138. The first-order valence-corrected chi connectivity index (χ1v) is 6.02. The van der Waals surface area contributed by atoms with Crippen LogP contribution in [0.25, 0.3) is 0 Å². The molecule has 0 atom stereocenters. The van der Waals surface area contributed by atoms with E-state index >= 15 is 0 Å². The summed E-state index contributed by atoms with van der Waals surface area (Å²) in [6.07, 6.45) is 0.660. The fourth-order valence-electron chi connectivity index (χ4n) is 1.69. The zero-order valence-corrected chi connectivity index (χ0v) is 11.2. The lowest BCUT2D eigenvalue weighted by atomic mass is 10.00. The first-order valence-electron chi connectivity index (χ1n) is 6.02. The summed E-state index contributed by atoms with van der Waals surface area (Å²) >= 11 is 0. The minimum atomic E-state index is -0.327. The largest absolute Gasteiger partial charge is 0.465 e. The molecule has 0 spiro atoms. The van der Waals surface area contributed by atoms with Crippen molar-refractivity contribution in [3.05, 3.63) is 35.4 Å². The number of aliphatic hydroxyl groups excluding tert-OH is 1. The number of aliphatic hydroxyl groups is 1. The van der Waals surface area contributed by atoms with E-state index in [0.29, 0.717) is 18.5 Å². The number of carbonyl (C=O) groups is 1. The van der Waals surface area contributed by atoms with Crippen molar-refractivity contribution >= 4 is 5.97 Å². The van der Waals surface area contributed by atoms with Gasteiger partial charge in [0.25, 0.3) is 0 Å². The SMILES string of the molecule is COC(=O)c1ccccc1CNC(C)(C)CCO. The quantitative estimate of drug-likeness (QED) is 0.756. The third-order valence-corrected chi connectivity index (χ3v) is 2.92. The summed E-state index contributed by atoms with van der Waals surface area (Å²) in [7, 11) is 1.38. The molecule has 2 N–H and O–H groups in total. The van der Waals surface area contributed by atoms with E-state index in [1.54, 1.807) is 6.07 Å². The number of ether oxygens (including phenoxy) is 1. The van der Waals surface area contributed by atoms with Crippen LogP contribution in [0.2, 0.25) is 0 Å². The molecule has 0 heterocycles. The summed E-state index contributed by atoms with van der Waals surface area (Å²) in [5.74, 6) is -0.327. The normalized spacial score (nSPS) is 11.3. The van der Waals surface area contributed by atoms with Crippen LogP contribution < -0.4 is 5.32 Å². The van der Waals surface area contributed by atoms with E-state index in [2.05, 4.69) is 5.32 Å². The van der Waals surface area contributed by atoms with Crippen molar-refractivity contribution in [1.29, 1.82) is 0 Å². The Hall–Kier alpha value is -1.39. The Kier molecular flexibility index (Phi) is 5.31. The average molecular weight is 251 g/mol. The zero-order chi connectivity index (χ0) is 13.6. The molecule has 4 heteroatoms. The van der Waals surface area contributed by atoms with Crippen LogP contribution in [0.1, 0.15) is 36.2 Å². The van der Waals surface area contributed by atoms with Gasteiger partial charge in [0.15, 0.2) is 0 Å². The lowest BCUT2D eigenvalue weighted by Crippen LogP contribution is -2.39. The van der Waals surface area contributed by atoms with Gasteiger partial charge in [0.2, 0.25) is 0 Å². The predicted molar refractivity (Wildman–Crippen MR) is 70.4 cm³/mol. The van der Waals surface area contributed by atoms with Crippen molar-refractivity contribution in [2.45, 2.75) is 32.4 Å². The molecule has 0 bridgehead atoms. The molecule has 100 valence electrons. The number of esters is 1. The van der Waals surface area contributed by atoms with E-state index in [1.165, 1.54) is 7.11 Å². The Morgan fingerprint density at radius 2 is 2.06 bits per heavy atom. The van der Waals surface area contributed by atoms with Crippen molar-refractivity contribution in [2.24, 2.45) is 0 Å². The Balaban J connectivity index is 2.76. The van der Waals surface area contributed by atoms with Gasteiger partial charge in [-0.1, -0.05) is 18.2 Å². The molecule has 0 saturated heterocycles. The van der Waals surface area contributed by atoms with Crippen LogP contribution in [0, 0.1) is 0 Å². The molecule has 0 aliphatic carbocycles. The molecule has 1 aromatic carbocycles. The highest BCUT2D eigenvalue weighted by Gasteiger charge is 2.17. The third-order valence-electron chi connectivity index (χ3n) is 2.92. The molecule has 0 fully saturated rings. The number of methoxy groups -OCH3 is 1. The van der Waals surface area contributed by atoms with Crippen molar-refractivity contribution in [3.8, 4) is 0 Å². The maximum atomic E-state index is 11.6. The van der Waals surface area contributed by atoms with Gasteiger partial charge in [0, 0.05) is 18.7 Å². The first kappa shape index (κ1) is 14.7. The van der Waals surface area contributed by atoms with Crippen molar-refractivity contribution in [1.82, 2.24) is 5.32 Å². The van der Waals surface area contributed by atoms with E-state index in [1.807, 2.05) is 32.0 Å². The number of nitrogens with one attached hydrogen (secondary N) is 1. The Morgan fingerprint density at radius 1 is 1.39 bits per heavy atom. The van der Waals surface area contributed by atoms with Gasteiger partial charge >= 0.3 is 5.97 Å². The maximum Gasteiger partial charge on any atom is 0.338 e. The molecule has 0 unspecified atom stereocenters. The lowest BCUT2D eigenvalue weighted by molar-refractivity contribution is 0.0599. The molecule has 1 aromatic rings. The predicted octanol–water partition coefficient (Wildman–Crippen LogP) is 1.72. The second kappa shape index (κ2) is 6.52. The number of hydrogen-bond acceptors (Lipinski definition) is 4. The van der Waals surface area contributed by atoms with Crippen molar-refractivity contribution < 1.29 is 14.6 Å². The van der Waals surface area contributed by atoms with Crippen LogP contribution in [-0.2, 0) is 11.3 Å². The van der Waals surface area contributed by atoms with Crippen LogP contribution in [0.3, 0.4) is 0 Å². The monoisotopic (exact) mass is 251 g/mol. The zero-order valence-electron chi connectivity index (χ0n) is 11.2. The Morgan fingerprint density at radius 3 is 2.67 bits per heavy atom. The van der Waals surface area contributed by atoms with Crippen LogP contribution in [-0.4, -0.2) is 30.3 Å². The molecule has 0 aromatic heterocycles. The van der Waals surface area contributed by atoms with Gasteiger partial charge in [-0.3, -0.25) is 0 Å². The van der Waals surface area contributed by atoms with Gasteiger partial charge in [-0.25, -0.2) is 4.79 Å². The van der Waals surface area contributed by atoms with Crippen LogP contribution in [0.15, 0.2) is 24.3 Å². The highest BCUT2D eigenvalue weighted by molar-refractivity contribution is 5.90. The van der Waals surface area contributed by atoms with Gasteiger partial charge in [0.05, 0.1) is 12.7 Å². The van der Waals surface area contributed by atoms with E-state index in [-0.39, 0.29) is 18.1 Å². The van der Waals surface area contributed by atoms with Crippen LogP contribution in [0.4, 0.5) is 0 Å². The molecule has 0 amide bonds. The van der Waals surface area contributed by atoms with Gasteiger partial charge in [-0.15, -0.1) is 0 Å². The van der Waals surface area contributed by atoms with Crippen molar-refractivity contribution in [2.75, 3.05) is 13.7 Å². The third kappa shape index (κ3) is 4.13. The van der Waals surface area contributed by atoms with Crippen LogP contribution >= 0.6 is 0 Å². The van der Waals surface area contributed by atoms with Crippen LogP contribution in [0.5, 0.6) is 0 Å². The molecule has 0 aliphatic heterocycles. The van der Waals surface area contributed by atoms with E-state index in [0.717, 1.165) is 5.56 Å². The molecule has 1 rings (SSSR count). The Bertz CT molecular complexity index is 402. The molecule has 18 heavy (non-hydrogen) atoms. The second-order valence-electron chi connectivity index (χ2n) is 4.86. The van der Waals surface area contributed by atoms with Crippen molar-refractivity contribution in [3.63, 3.8) is 0 Å². The fraction of sp³-hybridized carbons (Fsp3) is 0.500. The molecular weight excluding hydrogens is 230 g/mol. The fourth-order valence-corrected chi connectivity index (χ4v) is 1.69. The average Bonchev–Trinajstić information content (AvgIpc) is 2.36. The molecular formula is C14H21NO3. The summed E-state index contributed by atoms with van der Waals surface area (Å²) in [6, 6.07) is 7.35. The smallest absolute Gasteiger partial charge is 0.338 e. The number of carbonyl (C=O) groups excluding carboxylic acids is 1. The molecule has 0 saturated carbocycles. The highest BCUT2D eigenvalue weighted by atomic mass is 16.5. The summed E-state index contributed by atoms with van der Waals surface area (Å²) in [6.45, 7) is 4.74. The second-order valence-corrected chi connectivity index (χ2v) is 4.86. The van der Waals surface area contributed by atoms with Gasteiger partial charge in [-0.2, -0.15) is 0 Å². The molecule has 4 nitrogen and oxygen atoms in total. The summed E-state index contributed by atoms with van der Waals surface area (Å²) in [5.41, 5.74) is 1.31. The van der Waals surface area contributed by atoms with E-state index in [9.17, 15) is 4.79 Å².